The zero-order valence-corrected chi connectivity index (χ0v) is 31.4. The summed E-state index contributed by atoms with van der Waals surface area (Å²) in [5.41, 5.74) is 17.5. The van der Waals surface area contributed by atoms with Crippen LogP contribution in [-0.4, -0.2) is 9.97 Å². The lowest BCUT2D eigenvalue weighted by Gasteiger charge is -2.28. The molecule has 0 radical (unpaired) electrons. The fourth-order valence-electron chi connectivity index (χ4n) is 8.81. The third kappa shape index (κ3) is 5.50. The Morgan fingerprint density at radius 3 is 1.79 bits per heavy atom. The van der Waals surface area contributed by atoms with Crippen molar-refractivity contribution in [2.24, 2.45) is 0 Å². The topological polar surface area (TPSA) is 38.9 Å². The van der Waals surface area contributed by atoms with Crippen LogP contribution < -0.4 is 0 Å². The molecule has 0 spiro atoms. The molecule has 3 heteroatoms. The van der Waals surface area contributed by atoms with E-state index in [9.17, 15) is 0 Å². The van der Waals surface area contributed by atoms with E-state index in [0.717, 1.165) is 61.1 Å². The van der Waals surface area contributed by atoms with E-state index in [2.05, 4.69) is 177 Å². The van der Waals surface area contributed by atoms with Crippen molar-refractivity contribution in [1.82, 2.24) is 9.97 Å². The molecule has 0 saturated carbocycles. The Hall–Kier alpha value is -7.36. The second-order valence-corrected chi connectivity index (χ2v) is 15.1. The molecule has 1 atom stereocenters. The summed E-state index contributed by atoms with van der Waals surface area (Å²) >= 11 is 0. The molecule has 1 aliphatic carbocycles. The molecule has 0 fully saturated rings. The van der Waals surface area contributed by atoms with Crippen molar-refractivity contribution in [3.8, 4) is 67.3 Å². The molecule has 11 rings (SSSR count). The molecule has 3 nitrogen and oxygen atoms in total. The van der Waals surface area contributed by atoms with Crippen molar-refractivity contribution in [1.29, 1.82) is 0 Å². The Bertz CT molecular complexity index is 3130. The van der Waals surface area contributed by atoms with E-state index in [1.807, 2.05) is 30.3 Å². The molecule has 0 aliphatic heterocycles. The monoisotopic (exact) mass is 728 g/mol. The predicted octanol–water partition coefficient (Wildman–Crippen LogP) is 14.0. The van der Waals surface area contributed by atoms with Gasteiger partial charge in [-0.05, 0) is 93.4 Å². The van der Waals surface area contributed by atoms with Gasteiger partial charge in [-0.25, -0.2) is 9.97 Å². The maximum atomic E-state index is 6.24. The summed E-state index contributed by atoms with van der Waals surface area (Å²) in [5.74, 6) is 0.694. The summed E-state index contributed by atoms with van der Waals surface area (Å²) in [5, 5.41) is 2.25. The van der Waals surface area contributed by atoms with Gasteiger partial charge in [0.05, 0.1) is 11.4 Å². The van der Waals surface area contributed by atoms with Crippen LogP contribution in [0.3, 0.4) is 0 Å². The molecule has 0 N–H and O–H groups in total. The van der Waals surface area contributed by atoms with Crippen LogP contribution >= 0.6 is 0 Å². The molecule has 1 unspecified atom stereocenters. The molecule has 1 aliphatic rings. The van der Waals surface area contributed by atoms with Crippen molar-refractivity contribution in [3.05, 3.63) is 217 Å². The summed E-state index contributed by atoms with van der Waals surface area (Å²) in [6, 6.07) is 71.1. The molecular weight excluding hydrogens is 693 g/mol. The predicted molar refractivity (Wildman–Crippen MR) is 234 cm³/mol. The van der Waals surface area contributed by atoms with Gasteiger partial charge in [0, 0.05) is 32.9 Å². The summed E-state index contributed by atoms with van der Waals surface area (Å²) in [4.78, 5) is 10.3. The highest BCUT2D eigenvalue weighted by Gasteiger charge is 2.40. The number of hydrogen-bond acceptors (Lipinski definition) is 3. The van der Waals surface area contributed by atoms with E-state index in [0.29, 0.717) is 5.82 Å². The number of hydrogen-bond donors (Lipinski definition) is 0. The van der Waals surface area contributed by atoms with Crippen molar-refractivity contribution in [2.45, 2.75) is 12.3 Å². The first-order valence-electron chi connectivity index (χ1n) is 19.5. The number of furan rings is 1. The van der Waals surface area contributed by atoms with E-state index in [-0.39, 0.29) is 5.41 Å². The van der Waals surface area contributed by atoms with Crippen molar-refractivity contribution in [3.63, 3.8) is 0 Å². The fraction of sp³-hybridized carbons (Fsp3) is 0.0370. The molecule has 0 amide bonds. The van der Waals surface area contributed by atoms with Gasteiger partial charge in [-0.3, -0.25) is 0 Å². The van der Waals surface area contributed by atoms with E-state index in [1.54, 1.807) is 0 Å². The van der Waals surface area contributed by atoms with Gasteiger partial charge in [-0.15, -0.1) is 0 Å². The van der Waals surface area contributed by atoms with Crippen molar-refractivity contribution < 1.29 is 4.42 Å². The Kier molecular flexibility index (Phi) is 7.61. The quantitative estimate of drug-likeness (QED) is 0.171. The van der Waals surface area contributed by atoms with E-state index in [1.165, 1.54) is 38.9 Å². The number of para-hydroxylation sites is 1. The number of fused-ring (bicyclic) bond motifs is 6. The highest BCUT2D eigenvalue weighted by atomic mass is 16.3. The third-order valence-corrected chi connectivity index (χ3v) is 11.8. The first kappa shape index (κ1) is 33.0. The summed E-state index contributed by atoms with van der Waals surface area (Å²) in [7, 11) is 0. The zero-order valence-electron chi connectivity index (χ0n) is 31.4. The van der Waals surface area contributed by atoms with Crippen LogP contribution in [0.15, 0.2) is 205 Å². The smallest absolute Gasteiger partial charge is 0.160 e. The molecule has 0 bridgehead atoms. The van der Waals surface area contributed by atoms with Crippen LogP contribution in [0.2, 0.25) is 0 Å². The SMILES string of the molecule is CC1(c2ccccc2)c2ccccc2-c2ccc(-c3ccc(-c4cc(-c5cccc(-c6ccc7c(c6)oc6ccccc67)c5)nc(-c5ccccc5)n4)cc3)cc21. The van der Waals surface area contributed by atoms with E-state index >= 15 is 0 Å². The number of benzene rings is 8. The van der Waals surface area contributed by atoms with Crippen LogP contribution in [0.1, 0.15) is 23.6 Å². The molecule has 2 heterocycles. The Morgan fingerprint density at radius 1 is 0.368 bits per heavy atom. The maximum Gasteiger partial charge on any atom is 0.160 e. The van der Waals surface area contributed by atoms with Gasteiger partial charge in [-0.2, -0.15) is 0 Å². The average molecular weight is 729 g/mol. The normalized spacial score (nSPS) is 14.5. The first-order chi connectivity index (χ1) is 28.1. The van der Waals surface area contributed by atoms with Gasteiger partial charge in [0.2, 0.25) is 0 Å². The minimum Gasteiger partial charge on any atom is -0.456 e. The molecular formula is C54H36N2O. The van der Waals surface area contributed by atoms with E-state index in [4.69, 9.17) is 14.4 Å². The van der Waals surface area contributed by atoms with Crippen LogP contribution in [0.25, 0.3) is 89.2 Å². The van der Waals surface area contributed by atoms with Gasteiger partial charge in [0.25, 0.3) is 0 Å². The number of aromatic nitrogens is 2. The van der Waals surface area contributed by atoms with Gasteiger partial charge < -0.3 is 4.42 Å². The van der Waals surface area contributed by atoms with Crippen LogP contribution in [0.4, 0.5) is 0 Å². The number of nitrogens with zero attached hydrogens (tertiary/aromatic N) is 2. The Balaban J connectivity index is 0.969. The lowest BCUT2D eigenvalue weighted by molar-refractivity contribution is 0.669. The molecule has 268 valence electrons. The largest absolute Gasteiger partial charge is 0.456 e. The highest BCUT2D eigenvalue weighted by molar-refractivity contribution is 6.06. The molecule has 0 saturated heterocycles. The summed E-state index contributed by atoms with van der Waals surface area (Å²) < 4.78 is 6.24. The van der Waals surface area contributed by atoms with Gasteiger partial charge in [0.1, 0.15) is 11.2 Å². The third-order valence-electron chi connectivity index (χ3n) is 11.8. The summed E-state index contributed by atoms with van der Waals surface area (Å²) in [6.07, 6.45) is 0. The van der Waals surface area contributed by atoms with E-state index < -0.39 is 0 Å². The second-order valence-electron chi connectivity index (χ2n) is 15.1. The highest BCUT2D eigenvalue weighted by Crippen LogP contribution is 2.53. The first-order valence-corrected chi connectivity index (χ1v) is 19.5. The summed E-state index contributed by atoms with van der Waals surface area (Å²) in [6.45, 7) is 2.37. The Morgan fingerprint density at radius 2 is 0.947 bits per heavy atom. The van der Waals surface area contributed by atoms with Crippen molar-refractivity contribution >= 4 is 21.9 Å². The van der Waals surface area contributed by atoms with Crippen LogP contribution in [0, 0.1) is 0 Å². The Labute approximate surface area is 331 Å². The fourth-order valence-corrected chi connectivity index (χ4v) is 8.81. The zero-order chi connectivity index (χ0) is 37.9. The van der Waals surface area contributed by atoms with Crippen LogP contribution in [0.5, 0.6) is 0 Å². The van der Waals surface area contributed by atoms with Gasteiger partial charge in [-0.1, -0.05) is 164 Å². The molecule has 57 heavy (non-hydrogen) atoms. The maximum absolute atomic E-state index is 6.24. The molecule has 2 aromatic heterocycles. The minimum absolute atomic E-state index is 0.244. The standard InChI is InChI=1S/C54H36N2O/c1-54(42-17-6-3-7-18-42)47-21-10-8-19-43(47)44-29-27-39(32-48(44)54)35-23-25-36(26-24-35)49-34-50(56-53(55-49)37-13-4-2-5-14-37)41-16-12-15-38(31-41)40-28-30-46-45-20-9-11-22-51(45)57-52(46)33-40/h2-34H,1H3. The lowest BCUT2D eigenvalue weighted by atomic mass is 9.74. The number of rotatable bonds is 6. The van der Waals surface area contributed by atoms with Crippen LogP contribution in [-0.2, 0) is 5.41 Å². The lowest BCUT2D eigenvalue weighted by Crippen LogP contribution is -2.22. The van der Waals surface area contributed by atoms with Gasteiger partial charge >= 0.3 is 0 Å². The molecule has 10 aromatic rings. The van der Waals surface area contributed by atoms with Gasteiger partial charge in [0.15, 0.2) is 5.82 Å². The average Bonchev–Trinajstić information content (AvgIpc) is 3.79. The molecule has 8 aromatic carbocycles. The van der Waals surface area contributed by atoms with Crippen molar-refractivity contribution in [2.75, 3.05) is 0 Å². The minimum atomic E-state index is -0.244. The second kappa shape index (κ2) is 13.1.